The highest BCUT2D eigenvalue weighted by Crippen LogP contribution is 2.38. The Morgan fingerprint density at radius 2 is 1.44 bits per heavy atom. The molecule has 4 rings (SSSR count). The summed E-state index contributed by atoms with van der Waals surface area (Å²) in [5, 5.41) is 121. The number of nitro benzene ring substituents is 1. The molecule has 3 fully saturated rings. The summed E-state index contributed by atoms with van der Waals surface area (Å²) in [5.74, 6) is -6.64. The number of ether oxygens (including phenoxy) is 6. The van der Waals surface area contributed by atoms with Crippen molar-refractivity contribution in [2.75, 3.05) is 19.8 Å². The zero-order valence-electron chi connectivity index (χ0n) is 29.2. The molecule has 3 aliphatic heterocycles. The van der Waals surface area contributed by atoms with Crippen LogP contribution < -0.4 is 15.4 Å². The summed E-state index contributed by atoms with van der Waals surface area (Å²) in [5.41, 5.74) is -0.291. The highest BCUT2D eigenvalue weighted by molar-refractivity contribution is 5.76. The molecular weight excluding hydrogens is 750 g/mol. The lowest BCUT2D eigenvalue weighted by atomic mass is 9.88. The third kappa shape index (κ3) is 9.81. The van der Waals surface area contributed by atoms with Crippen LogP contribution in [0.1, 0.15) is 20.3 Å². The minimum atomic E-state index is -3.09. The number of nitro groups is 1. The van der Waals surface area contributed by atoms with Gasteiger partial charge in [-0.1, -0.05) is 0 Å². The molecule has 1 aromatic carbocycles. The highest BCUT2D eigenvalue weighted by atomic mass is 16.8. The number of non-ortho nitro benzene ring substituents is 1. The molecule has 0 bridgehead atoms. The largest absolute Gasteiger partial charge is 0.477 e. The van der Waals surface area contributed by atoms with E-state index in [2.05, 4.69) is 10.6 Å². The van der Waals surface area contributed by atoms with Crippen LogP contribution >= 0.6 is 0 Å². The monoisotopic (exact) mass is 795 g/mol. The third-order valence-electron chi connectivity index (χ3n) is 9.15. The van der Waals surface area contributed by atoms with Gasteiger partial charge in [-0.3, -0.25) is 19.7 Å². The summed E-state index contributed by atoms with van der Waals surface area (Å²) in [6.45, 7) is -0.875. The number of nitrogens with one attached hydrogen (secondary N) is 2. The predicted molar refractivity (Wildman–Crippen MR) is 173 cm³/mol. The fraction of sp³-hybridized carbons (Fsp3) is 0.710. The summed E-state index contributed by atoms with van der Waals surface area (Å²) >= 11 is 0. The number of aliphatic hydroxyl groups excluding tert-OH is 9. The van der Waals surface area contributed by atoms with E-state index in [1.807, 2.05) is 0 Å². The van der Waals surface area contributed by atoms with Crippen LogP contribution in [0.15, 0.2) is 24.3 Å². The van der Waals surface area contributed by atoms with Gasteiger partial charge in [-0.2, -0.15) is 0 Å². The molecular formula is C31H45N3O21. The van der Waals surface area contributed by atoms with Crippen molar-refractivity contribution >= 4 is 23.5 Å². The van der Waals surface area contributed by atoms with Crippen LogP contribution in [-0.2, 0) is 38.1 Å². The highest BCUT2D eigenvalue weighted by Gasteiger charge is 2.60. The van der Waals surface area contributed by atoms with Gasteiger partial charge in [-0.05, 0) is 12.1 Å². The van der Waals surface area contributed by atoms with Gasteiger partial charge in [0.2, 0.25) is 18.1 Å². The number of carbonyl (C=O) groups excluding carboxylic acids is 2. The van der Waals surface area contributed by atoms with Crippen LogP contribution in [-0.4, -0.2) is 191 Å². The maximum Gasteiger partial charge on any atom is 0.364 e. The molecule has 2 amide bonds. The molecule has 16 atom stereocenters. The second-order valence-corrected chi connectivity index (χ2v) is 13.1. The second-order valence-electron chi connectivity index (χ2n) is 13.1. The number of hydrogen-bond acceptors (Lipinski definition) is 20. The minimum absolute atomic E-state index is 0.0343. The van der Waals surface area contributed by atoms with Crippen LogP contribution in [0.4, 0.5) is 5.69 Å². The summed E-state index contributed by atoms with van der Waals surface area (Å²) in [6.07, 6.45) is -26.2. The Morgan fingerprint density at radius 1 is 0.891 bits per heavy atom. The number of rotatable bonds is 15. The van der Waals surface area contributed by atoms with E-state index in [9.17, 15) is 75.6 Å². The van der Waals surface area contributed by atoms with Gasteiger partial charge in [0, 0.05) is 32.4 Å². The van der Waals surface area contributed by atoms with Crippen LogP contribution in [0.25, 0.3) is 0 Å². The van der Waals surface area contributed by atoms with E-state index in [1.54, 1.807) is 0 Å². The topological polar surface area (TPSA) is 376 Å². The molecule has 3 aliphatic rings. The third-order valence-corrected chi connectivity index (χ3v) is 9.15. The molecule has 12 N–H and O–H groups in total. The Bertz CT molecular complexity index is 1490. The van der Waals surface area contributed by atoms with Crippen molar-refractivity contribution in [1.29, 1.82) is 0 Å². The standard InChI is InChI=1S/C31H45N3O21/c1-11(38)32-19-15(40)7-31(30(46)47,54-26(19)21(42)16(41)8-35)55-27-23(44)18(10-37)52-29(24(27)45)53-25-20(33-12(2)39)28(51-17(9-36)22(25)43)50-14-5-3-13(4-6-14)34(48)49/h3-6,15-29,35-37,40-45H,7-10H2,1-2H3,(H,32,38)(H,33,39)(H,46,47)/t15-,16+,17+,18+,19+,20+,21+,22+,23-,24+,25+,26+,27-,28+,29-,31-/m0/s1. The molecule has 0 unspecified atom stereocenters. The molecule has 55 heavy (non-hydrogen) atoms. The van der Waals surface area contributed by atoms with Crippen LogP contribution in [0.3, 0.4) is 0 Å². The molecule has 24 heteroatoms. The van der Waals surface area contributed by atoms with Crippen molar-refractivity contribution in [1.82, 2.24) is 10.6 Å². The first kappa shape index (κ1) is 44.0. The van der Waals surface area contributed by atoms with E-state index in [-0.39, 0.29) is 11.4 Å². The normalized spacial score (nSPS) is 37.6. The molecule has 0 spiro atoms. The van der Waals surface area contributed by atoms with Crippen LogP contribution in [0, 0.1) is 10.1 Å². The molecule has 24 nitrogen and oxygen atoms in total. The predicted octanol–water partition coefficient (Wildman–Crippen LogP) is -6.08. The maximum atomic E-state index is 12.8. The Balaban J connectivity index is 1.68. The SMILES string of the molecule is CC(=O)N[C@H]1[C@H](Oc2ccc([N+](=O)[O-])cc2)O[C@H](CO)[C@@H](O)[C@@H]1O[C@@H]1O[C@H](CO)[C@H](O)[C@H](O[C@]2(C(=O)O)C[C@H](O)[C@@H](NC(C)=O)[C@H]([C@H](O)[C@H](O)CO)O2)[C@H]1O. The average molecular weight is 796 g/mol. The van der Waals surface area contributed by atoms with Crippen molar-refractivity contribution in [2.24, 2.45) is 0 Å². The van der Waals surface area contributed by atoms with Gasteiger partial charge in [0.05, 0.1) is 36.9 Å². The molecule has 0 aromatic heterocycles. The lowest BCUT2D eigenvalue weighted by Crippen LogP contribution is -2.71. The van der Waals surface area contributed by atoms with Gasteiger partial charge in [0.25, 0.3) is 11.5 Å². The number of carboxylic acid groups (broad SMARTS) is 1. The Labute approximate surface area is 310 Å². The first-order chi connectivity index (χ1) is 25.9. The number of aliphatic hydroxyl groups is 9. The summed E-state index contributed by atoms with van der Waals surface area (Å²) in [7, 11) is 0. The van der Waals surface area contributed by atoms with Crippen LogP contribution in [0.2, 0.25) is 0 Å². The first-order valence-corrected chi connectivity index (χ1v) is 16.8. The Kier molecular flexibility index (Phi) is 14.8. The molecule has 0 saturated carbocycles. The van der Waals surface area contributed by atoms with E-state index >= 15 is 0 Å². The Hall–Kier alpha value is -3.73. The van der Waals surface area contributed by atoms with Crippen molar-refractivity contribution in [3.8, 4) is 5.75 Å². The fourth-order valence-electron chi connectivity index (χ4n) is 6.43. The molecule has 1 aromatic rings. The lowest BCUT2D eigenvalue weighted by Gasteiger charge is -2.51. The van der Waals surface area contributed by atoms with Gasteiger partial charge in [0.1, 0.15) is 72.8 Å². The zero-order chi connectivity index (χ0) is 40.9. The van der Waals surface area contributed by atoms with Gasteiger partial charge in [-0.25, -0.2) is 4.79 Å². The van der Waals surface area contributed by atoms with E-state index in [4.69, 9.17) is 28.4 Å². The summed E-state index contributed by atoms with van der Waals surface area (Å²) in [4.78, 5) is 47.5. The molecule has 310 valence electrons. The number of nitrogens with zero attached hydrogens (tertiary/aromatic N) is 1. The van der Waals surface area contributed by atoms with E-state index in [0.29, 0.717) is 0 Å². The van der Waals surface area contributed by atoms with E-state index in [0.717, 1.165) is 26.0 Å². The smallest absolute Gasteiger partial charge is 0.364 e. The maximum absolute atomic E-state index is 12.8. The zero-order valence-corrected chi connectivity index (χ0v) is 29.2. The van der Waals surface area contributed by atoms with E-state index in [1.165, 1.54) is 12.1 Å². The summed E-state index contributed by atoms with van der Waals surface area (Å²) in [6, 6.07) is 1.48. The van der Waals surface area contributed by atoms with Crippen molar-refractivity contribution in [3.05, 3.63) is 34.4 Å². The molecule has 3 saturated heterocycles. The average Bonchev–Trinajstić information content (AvgIpc) is 3.13. The first-order valence-electron chi connectivity index (χ1n) is 16.8. The number of hydrogen-bond donors (Lipinski definition) is 12. The quantitative estimate of drug-likeness (QED) is 0.0580. The van der Waals surface area contributed by atoms with Gasteiger partial charge in [0.15, 0.2) is 6.29 Å². The van der Waals surface area contributed by atoms with Gasteiger partial charge in [-0.15, -0.1) is 0 Å². The minimum Gasteiger partial charge on any atom is -0.477 e. The van der Waals surface area contributed by atoms with Crippen molar-refractivity contribution in [3.63, 3.8) is 0 Å². The number of carbonyl (C=O) groups is 3. The van der Waals surface area contributed by atoms with Crippen molar-refractivity contribution < 1.29 is 98.8 Å². The molecule has 0 aliphatic carbocycles. The number of carboxylic acids is 1. The lowest BCUT2D eigenvalue weighted by molar-refractivity contribution is -0.384. The number of aliphatic carboxylic acids is 1. The molecule has 3 heterocycles. The van der Waals surface area contributed by atoms with Crippen molar-refractivity contribution in [2.45, 2.75) is 118 Å². The number of amides is 2. The van der Waals surface area contributed by atoms with E-state index < -0.39 is 147 Å². The second kappa shape index (κ2) is 18.5. The van der Waals surface area contributed by atoms with Gasteiger partial charge < -0.3 is 90.1 Å². The summed E-state index contributed by atoms with van der Waals surface area (Å²) < 4.78 is 34.2. The Morgan fingerprint density at radius 3 is 1.95 bits per heavy atom. The molecule has 0 radical (unpaired) electrons. The fourth-order valence-corrected chi connectivity index (χ4v) is 6.43. The van der Waals surface area contributed by atoms with Gasteiger partial charge >= 0.3 is 5.97 Å². The van der Waals surface area contributed by atoms with Crippen LogP contribution in [0.5, 0.6) is 5.75 Å². The number of benzene rings is 1.